The van der Waals surface area contributed by atoms with E-state index >= 15 is 0 Å². The highest BCUT2D eigenvalue weighted by Crippen LogP contribution is 2.09. The first-order valence-electron chi connectivity index (χ1n) is 5.36. The molecule has 0 fully saturated rings. The van der Waals surface area contributed by atoms with Crippen LogP contribution >= 0.6 is 0 Å². The predicted octanol–water partition coefficient (Wildman–Crippen LogP) is 1.45. The lowest BCUT2D eigenvalue weighted by atomic mass is 10.0. The molecule has 0 spiro atoms. The summed E-state index contributed by atoms with van der Waals surface area (Å²) in [7, 11) is -2.79. The van der Waals surface area contributed by atoms with Gasteiger partial charge in [0, 0.05) is 11.8 Å². The quantitative estimate of drug-likeness (QED) is 0.707. The summed E-state index contributed by atoms with van der Waals surface area (Å²) in [6.07, 6.45) is 0.754. The van der Waals surface area contributed by atoms with E-state index in [1.807, 2.05) is 0 Å². The minimum atomic E-state index is -2.79. The van der Waals surface area contributed by atoms with Crippen LogP contribution in [-0.2, 0) is 9.84 Å². The summed E-state index contributed by atoms with van der Waals surface area (Å²) >= 11 is 0. The van der Waals surface area contributed by atoms with E-state index in [1.54, 1.807) is 6.92 Å². The standard InChI is InChI=1S/C10H23NO2S/c1-5-11-10(4)9(3)7-8-14(12,13)6-2/h9-11H,5-8H2,1-4H3. The molecule has 0 aromatic rings. The summed E-state index contributed by atoms with van der Waals surface area (Å²) in [6, 6.07) is 0.395. The van der Waals surface area contributed by atoms with Crippen LogP contribution < -0.4 is 5.32 Å². The number of sulfone groups is 1. The first-order chi connectivity index (χ1) is 6.43. The third kappa shape index (κ3) is 5.60. The van der Waals surface area contributed by atoms with Gasteiger partial charge in [0.1, 0.15) is 9.84 Å². The van der Waals surface area contributed by atoms with Gasteiger partial charge in [-0.15, -0.1) is 0 Å². The maximum Gasteiger partial charge on any atom is 0.150 e. The molecule has 0 heterocycles. The second kappa shape index (κ2) is 6.40. The van der Waals surface area contributed by atoms with Crippen molar-refractivity contribution in [1.29, 1.82) is 0 Å². The summed E-state index contributed by atoms with van der Waals surface area (Å²) in [5, 5.41) is 3.30. The van der Waals surface area contributed by atoms with Gasteiger partial charge < -0.3 is 5.32 Å². The smallest absolute Gasteiger partial charge is 0.150 e. The molecule has 0 saturated heterocycles. The first-order valence-corrected chi connectivity index (χ1v) is 7.18. The number of nitrogens with one attached hydrogen (secondary N) is 1. The normalized spacial score (nSPS) is 16.6. The van der Waals surface area contributed by atoms with Crippen LogP contribution in [0, 0.1) is 5.92 Å². The summed E-state index contributed by atoms with van der Waals surface area (Å²) in [4.78, 5) is 0. The van der Waals surface area contributed by atoms with E-state index in [-0.39, 0.29) is 5.75 Å². The van der Waals surface area contributed by atoms with E-state index in [0.717, 1.165) is 13.0 Å². The second-order valence-electron chi connectivity index (χ2n) is 3.85. The van der Waals surface area contributed by atoms with Gasteiger partial charge in [-0.05, 0) is 25.8 Å². The molecule has 0 aliphatic heterocycles. The molecule has 0 radical (unpaired) electrons. The molecular formula is C10H23NO2S. The molecule has 0 aromatic heterocycles. The van der Waals surface area contributed by atoms with Crippen molar-refractivity contribution in [2.75, 3.05) is 18.1 Å². The zero-order chi connectivity index (χ0) is 11.2. The number of rotatable bonds is 7. The van der Waals surface area contributed by atoms with E-state index in [1.165, 1.54) is 0 Å². The maximum atomic E-state index is 11.3. The number of hydrogen-bond acceptors (Lipinski definition) is 3. The fraction of sp³-hybridized carbons (Fsp3) is 1.00. The minimum Gasteiger partial charge on any atom is -0.314 e. The third-order valence-electron chi connectivity index (χ3n) is 2.70. The Morgan fingerprint density at radius 1 is 1.21 bits per heavy atom. The van der Waals surface area contributed by atoms with Gasteiger partial charge in [-0.3, -0.25) is 0 Å². The van der Waals surface area contributed by atoms with Crippen molar-refractivity contribution in [3.63, 3.8) is 0 Å². The molecule has 0 aliphatic carbocycles. The molecule has 3 nitrogen and oxygen atoms in total. The van der Waals surface area contributed by atoms with Gasteiger partial charge in [0.2, 0.25) is 0 Å². The van der Waals surface area contributed by atoms with Crippen LogP contribution in [0.15, 0.2) is 0 Å². The number of hydrogen-bond donors (Lipinski definition) is 1. The Morgan fingerprint density at radius 2 is 1.79 bits per heavy atom. The largest absolute Gasteiger partial charge is 0.314 e. The van der Waals surface area contributed by atoms with Crippen LogP contribution in [0.4, 0.5) is 0 Å². The van der Waals surface area contributed by atoms with Crippen LogP contribution in [-0.4, -0.2) is 32.5 Å². The molecule has 0 bridgehead atoms. The van der Waals surface area contributed by atoms with Gasteiger partial charge in [0.05, 0.1) is 5.75 Å². The van der Waals surface area contributed by atoms with Crippen molar-refractivity contribution in [1.82, 2.24) is 5.32 Å². The molecule has 0 amide bonds. The van der Waals surface area contributed by atoms with Gasteiger partial charge in [-0.1, -0.05) is 20.8 Å². The SMILES string of the molecule is CCNC(C)C(C)CCS(=O)(=O)CC. The van der Waals surface area contributed by atoms with Gasteiger partial charge in [0.15, 0.2) is 0 Å². The Kier molecular flexibility index (Phi) is 6.36. The summed E-state index contributed by atoms with van der Waals surface area (Å²) < 4.78 is 22.5. The Morgan fingerprint density at radius 3 is 2.21 bits per heavy atom. The molecule has 2 unspecified atom stereocenters. The highest BCUT2D eigenvalue weighted by molar-refractivity contribution is 7.91. The average molecular weight is 221 g/mol. The van der Waals surface area contributed by atoms with Gasteiger partial charge in [-0.25, -0.2) is 8.42 Å². The molecule has 0 rings (SSSR count). The molecule has 0 saturated carbocycles. The average Bonchev–Trinajstić information content (AvgIpc) is 2.15. The van der Waals surface area contributed by atoms with E-state index in [0.29, 0.717) is 17.7 Å². The van der Waals surface area contributed by atoms with E-state index in [9.17, 15) is 8.42 Å². The monoisotopic (exact) mass is 221 g/mol. The van der Waals surface area contributed by atoms with Crippen molar-refractivity contribution in [3.8, 4) is 0 Å². The Labute approximate surface area is 88.2 Å². The van der Waals surface area contributed by atoms with E-state index < -0.39 is 9.84 Å². The molecule has 0 aromatic carbocycles. The molecule has 2 atom stereocenters. The molecule has 14 heavy (non-hydrogen) atoms. The van der Waals surface area contributed by atoms with Crippen LogP contribution in [0.25, 0.3) is 0 Å². The van der Waals surface area contributed by atoms with E-state index in [4.69, 9.17) is 0 Å². The third-order valence-corrected chi connectivity index (χ3v) is 4.44. The lowest BCUT2D eigenvalue weighted by Gasteiger charge is -2.20. The van der Waals surface area contributed by atoms with Gasteiger partial charge in [0.25, 0.3) is 0 Å². The van der Waals surface area contributed by atoms with Crippen molar-refractivity contribution >= 4 is 9.84 Å². The zero-order valence-corrected chi connectivity index (χ0v) is 10.5. The fourth-order valence-electron chi connectivity index (χ4n) is 1.28. The Balaban J connectivity index is 3.90. The highest BCUT2D eigenvalue weighted by atomic mass is 32.2. The highest BCUT2D eigenvalue weighted by Gasteiger charge is 2.14. The first kappa shape index (κ1) is 13.9. The van der Waals surface area contributed by atoms with Crippen molar-refractivity contribution < 1.29 is 8.42 Å². The summed E-state index contributed by atoms with van der Waals surface area (Å²) in [5.74, 6) is 0.992. The van der Waals surface area contributed by atoms with Crippen molar-refractivity contribution in [2.45, 2.75) is 40.2 Å². The maximum absolute atomic E-state index is 11.3. The molecular weight excluding hydrogens is 198 g/mol. The zero-order valence-electron chi connectivity index (χ0n) is 9.71. The lowest BCUT2D eigenvalue weighted by molar-refractivity contribution is 0.398. The second-order valence-corrected chi connectivity index (χ2v) is 6.32. The predicted molar refractivity (Wildman–Crippen MR) is 61.2 cm³/mol. The molecule has 4 heteroatoms. The van der Waals surface area contributed by atoms with Crippen LogP contribution in [0.2, 0.25) is 0 Å². The Bertz CT molecular complexity index is 237. The molecule has 0 aliphatic rings. The molecule has 86 valence electrons. The van der Waals surface area contributed by atoms with E-state index in [2.05, 4.69) is 26.1 Å². The van der Waals surface area contributed by atoms with Gasteiger partial charge in [-0.2, -0.15) is 0 Å². The fourth-order valence-corrected chi connectivity index (χ4v) is 2.30. The topological polar surface area (TPSA) is 46.2 Å². The van der Waals surface area contributed by atoms with Crippen molar-refractivity contribution in [3.05, 3.63) is 0 Å². The summed E-state index contributed by atoms with van der Waals surface area (Å²) in [6.45, 7) is 8.90. The molecule has 1 N–H and O–H groups in total. The Hall–Kier alpha value is -0.0900. The van der Waals surface area contributed by atoms with Crippen molar-refractivity contribution in [2.24, 2.45) is 5.92 Å². The van der Waals surface area contributed by atoms with Gasteiger partial charge >= 0.3 is 0 Å². The lowest BCUT2D eigenvalue weighted by Crippen LogP contribution is -2.32. The summed E-state index contributed by atoms with van der Waals surface area (Å²) in [5.41, 5.74) is 0. The van der Waals surface area contributed by atoms with Crippen LogP contribution in [0.3, 0.4) is 0 Å². The van der Waals surface area contributed by atoms with Crippen LogP contribution in [0.1, 0.15) is 34.1 Å². The minimum absolute atomic E-state index is 0.259. The van der Waals surface area contributed by atoms with Crippen LogP contribution in [0.5, 0.6) is 0 Å².